The number of likely N-dealkylation sites (tertiary alicyclic amines) is 1. The summed E-state index contributed by atoms with van der Waals surface area (Å²) < 4.78 is 29.8. The predicted molar refractivity (Wildman–Crippen MR) is 116 cm³/mol. The van der Waals surface area contributed by atoms with Gasteiger partial charge in [0.25, 0.3) is 0 Å². The number of methoxy groups -OCH3 is 2. The molecule has 0 spiro atoms. The quantitative estimate of drug-likeness (QED) is 0.578. The summed E-state index contributed by atoms with van der Waals surface area (Å²) in [5.41, 5.74) is 1.54. The number of ether oxygens (including phenoxy) is 2. The van der Waals surface area contributed by atoms with Crippen LogP contribution in [0.1, 0.15) is 18.4 Å². The molecule has 31 heavy (non-hydrogen) atoms. The van der Waals surface area contributed by atoms with E-state index >= 15 is 0 Å². The molecular formula is C23H27FN4O3. The Morgan fingerprint density at radius 3 is 2.61 bits per heavy atom. The molecule has 0 saturated carbocycles. The third-order valence-corrected chi connectivity index (χ3v) is 5.67. The van der Waals surface area contributed by atoms with Crippen molar-refractivity contribution in [3.8, 4) is 22.9 Å². The lowest BCUT2D eigenvalue weighted by molar-refractivity contribution is 0.180. The van der Waals surface area contributed by atoms with Gasteiger partial charge in [0, 0.05) is 24.2 Å². The maximum Gasteiger partial charge on any atom is 0.321 e. The highest BCUT2D eigenvalue weighted by Crippen LogP contribution is 2.31. The smallest absolute Gasteiger partial charge is 0.321 e. The fourth-order valence-electron chi connectivity index (χ4n) is 3.84. The number of nitrogens with zero attached hydrogens (tertiary/aromatic N) is 3. The van der Waals surface area contributed by atoms with Gasteiger partial charge in [0.05, 0.1) is 14.2 Å². The van der Waals surface area contributed by atoms with Crippen LogP contribution in [0.4, 0.5) is 10.4 Å². The summed E-state index contributed by atoms with van der Waals surface area (Å²) in [5.74, 6) is 2.13. The molecule has 2 aromatic carbocycles. The molecule has 3 aromatic rings. The second-order valence-corrected chi connectivity index (χ2v) is 7.68. The van der Waals surface area contributed by atoms with E-state index in [9.17, 15) is 4.39 Å². The number of hydrogen-bond donors (Lipinski definition) is 1. The molecule has 1 N–H and O–H groups in total. The summed E-state index contributed by atoms with van der Waals surface area (Å²) in [6, 6.07) is 12.9. The zero-order valence-electron chi connectivity index (χ0n) is 17.8. The highest BCUT2D eigenvalue weighted by molar-refractivity contribution is 5.61. The van der Waals surface area contributed by atoms with E-state index in [0.29, 0.717) is 35.8 Å². The molecule has 4 rings (SSSR count). The number of nitrogens with one attached hydrogen (secondary N) is 1. The van der Waals surface area contributed by atoms with Crippen molar-refractivity contribution in [2.45, 2.75) is 19.4 Å². The van der Waals surface area contributed by atoms with Gasteiger partial charge in [0.15, 0.2) is 11.5 Å². The van der Waals surface area contributed by atoms with Crippen LogP contribution in [0.3, 0.4) is 0 Å². The van der Waals surface area contributed by atoms with E-state index in [-0.39, 0.29) is 5.82 Å². The van der Waals surface area contributed by atoms with Crippen LogP contribution in [0.15, 0.2) is 47.0 Å². The molecule has 0 amide bonds. The highest BCUT2D eigenvalue weighted by Gasteiger charge is 2.21. The lowest BCUT2D eigenvalue weighted by Crippen LogP contribution is -2.35. The lowest BCUT2D eigenvalue weighted by Gasteiger charge is -2.31. The van der Waals surface area contributed by atoms with Crippen LogP contribution in [0.2, 0.25) is 0 Å². The molecular weight excluding hydrogens is 399 g/mol. The van der Waals surface area contributed by atoms with Crippen LogP contribution in [-0.2, 0) is 6.54 Å². The first-order valence-corrected chi connectivity index (χ1v) is 10.4. The zero-order chi connectivity index (χ0) is 21.6. The molecule has 8 heteroatoms. The van der Waals surface area contributed by atoms with Crippen molar-refractivity contribution in [2.24, 2.45) is 5.92 Å². The van der Waals surface area contributed by atoms with Crippen molar-refractivity contribution in [3.05, 3.63) is 53.8 Å². The largest absolute Gasteiger partial charge is 0.493 e. The minimum Gasteiger partial charge on any atom is -0.493 e. The molecule has 2 heterocycles. The standard InChI is InChI=1S/C23H27FN4O3/c1-29-20-8-7-17(13-21(20)30-2)22-26-23(31-27-22)25-14-16-9-11-28(12-10-16)15-18-5-3-4-6-19(18)24/h3-8,13,16H,9-12,14-15H2,1-2H3,(H,25,26,27). The number of benzene rings is 2. The van der Waals surface area contributed by atoms with E-state index in [1.165, 1.54) is 6.07 Å². The van der Waals surface area contributed by atoms with Crippen LogP contribution >= 0.6 is 0 Å². The van der Waals surface area contributed by atoms with Gasteiger partial charge in [0.1, 0.15) is 5.82 Å². The molecule has 0 unspecified atom stereocenters. The summed E-state index contributed by atoms with van der Waals surface area (Å²) >= 11 is 0. The third-order valence-electron chi connectivity index (χ3n) is 5.67. The Balaban J connectivity index is 1.27. The summed E-state index contributed by atoms with van der Waals surface area (Å²) in [5, 5.41) is 7.31. The number of aromatic nitrogens is 2. The molecule has 1 saturated heterocycles. The first-order valence-electron chi connectivity index (χ1n) is 10.4. The lowest BCUT2D eigenvalue weighted by atomic mass is 9.96. The van der Waals surface area contributed by atoms with Gasteiger partial charge in [-0.15, -0.1) is 0 Å². The van der Waals surface area contributed by atoms with Crippen LogP contribution in [0.5, 0.6) is 11.5 Å². The van der Waals surface area contributed by atoms with Crippen molar-refractivity contribution in [3.63, 3.8) is 0 Å². The summed E-state index contributed by atoms with van der Waals surface area (Å²) in [7, 11) is 3.19. The number of anilines is 1. The number of hydrogen-bond acceptors (Lipinski definition) is 7. The van der Waals surface area contributed by atoms with Gasteiger partial charge in [-0.3, -0.25) is 4.90 Å². The van der Waals surface area contributed by atoms with Crippen LogP contribution < -0.4 is 14.8 Å². The number of halogens is 1. The molecule has 0 atom stereocenters. The maximum atomic E-state index is 13.9. The molecule has 1 fully saturated rings. The second-order valence-electron chi connectivity index (χ2n) is 7.68. The van der Waals surface area contributed by atoms with Gasteiger partial charge < -0.3 is 19.3 Å². The van der Waals surface area contributed by atoms with E-state index in [1.807, 2.05) is 30.3 Å². The predicted octanol–water partition coefficient (Wildman–Crippen LogP) is 4.22. The number of piperidine rings is 1. The Labute approximate surface area is 181 Å². The molecule has 1 aromatic heterocycles. The van der Waals surface area contributed by atoms with E-state index in [4.69, 9.17) is 14.0 Å². The summed E-state index contributed by atoms with van der Waals surface area (Å²) in [6.45, 7) is 3.31. The van der Waals surface area contributed by atoms with E-state index in [2.05, 4.69) is 20.4 Å². The average Bonchev–Trinajstić information content (AvgIpc) is 3.29. The Kier molecular flexibility index (Phi) is 6.66. The fraction of sp³-hybridized carbons (Fsp3) is 0.391. The van der Waals surface area contributed by atoms with Crippen molar-refractivity contribution in [2.75, 3.05) is 39.2 Å². The first-order chi connectivity index (χ1) is 15.2. The van der Waals surface area contributed by atoms with Gasteiger partial charge in [0.2, 0.25) is 5.82 Å². The van der Waals surface area contributed by atoms with E-state index in [0.717, 1.165) is 43.6 Å². The van der Waals surface area contributed by atoms with Gasteiger partial charge in [-0.1, -0.05) is 23.4 Å². The number of rotatable bonds is 8. The molecule has 0 bridgehead atoms. The van der Waals surface area contributed by atoms with Crippen LogP contribution in [-0.4, -0.2) is 48.9 Å². The Morgan fingerprint density at radius 2 is 1.87 bits per heavy atom. The van der Waals surface area contributed by atoms with Crippen molar-refractivity contribution in [1.82, 2.24) is 15.0 Å². The molecule has 1 aliphatic rings. The molecule has 1 aliphatic heterocycles. The van der Waals surface area contributed by atoms with Crippen molar-refractivity contribution in [1.29, 1.82) is 0 Å². The van der Waals surface area contributed by atoms with Crippen LogP contribution in [0, 0.1) is 11.7 Å². The normalized spacial score (nSPS) is 15.1. The van der Waals surface area contributed by atoms with Gasteiger partial charge in [-0.25, -0.2) is 4.39 Å². The average molecular weight is 426 g/mol. The summed E-state index contributed by atoms with van der Waals surface area (Å²) in [4.78, 5) is 6.74. The van der Waals surface area contributed by atoms with Crippen LogP contribution in [0.25, 0.3) is 11.4 Å². The first kappa shape index (κ1) is 21.1. The topological polar surface area (TPSA) is 72.7 Å². The Bertz CT molecular complexity index is 1000. The zero-order valence-corrected chi connectivity index (χ0v) is 17.8. The third kappa shape index (κ3) is 5.14. The van der Waals surface area contributed by atoms with E-state index < -0.39 is 0 Å². The minimum absolute atomic E-state index is 0.132. The SMILES string of the molecule is COc1ccc(-c2noc(NCC3CCN(Cc4ccccc4F)CC3)n2)cc1OC. The van der Waals surface area contributed by atoms with Crippen molar-refractivity contribution < 1.29 is 18.4 Å². The fourth-order valence-corrected chi connectivity index (χ4v) is 3.84. The summed E-state index contributed by atoms with van der Waals surface area (Å²) in [6.07, 6.45) is 2.08. The Hall–Kier alpha value is -3.13. The van der Waals surface area contributed by atoms with Gasteiger partial charge >= 0.3 is 6.01 Å². The molecule has 164 valence electrons. The minimum atomic E-state index is -0.132. The maximum absolute atomic E-state index is 13.9. The monoisotopic (exact) mass is 426 g/mol. The molecule has 7 nitrogen and oxygen atoms in total. The highest BCUT2D eigenvalue weighted by atomic mass is 19.1. The molecule has 0 radical (unpaired) electrons. The van der Waals surface area contributed by atoms with E-state index in [1.54, 1.807) is 20.3 Å². The molecule has 0 aliphatic carbocycles. The van der Waals surface area contributed by atoms with Gasteiger partial charge in [-0.05, 0) is 56.1 Å². The Morgan fingerprint density at radius 1 is 1.10 bits per heavy atom. The van der Waals surface area contributed by atoms with Gasteiger partial charge in [-0.2, -0.15) is 4.98 Å². The second kappa shape index (κ2) is 9.78. The van der Waals surface area contributed by atoms with Crippen molar-refractivity contribution >= 4 is 6.01 Å².